The summed E-state index contributed by atoms with van der Waals surface area (Å²) in [5.41, 5.74) is 1.74. The van der Waals surface area contributed by atoms with Crippen molar-refractivity contribution in [1.82, 2.24) is 25.1 Å². The molecule has 2 heterocycles. The standard InChI is InChI=1S/C20H19N5O3/c26-18(13-25-22-19(21-23-25)15-9-5-2-6-10-15)24-11-16(17(12-24)20(27)28)14-7-3-1-4-8-14/h1-10,16-17H,11-13H2,(H,27,28). The quantitative estimate of drug-likeness (QED) is 0.726. The van der Waals surface area contributed by atoms with Crippen molar-refractivity contribution in [3.63, 3.8) is 0 Å². The zero-order valence-electron chi connectivity index (χ0n) is 15.0. The summed E-state index contributed by atoms with van der Waals surface area (Å²) >= 11 is 0. The van der Waals surface area contributed by atoms with E-state index in [2.05, 4.69) is 15.4 Å². The molecule has 1 aliphatic heterocycles. The van der Waals surface area contributed by atoms with Crippen LogP contribution in [0.4, 0.5) is 0 Å². The van der Waals surface area contributed by atoms with Crippen molar-refractivity contribution in [2.75, 3.05) is 13.1 Å². The fraction of sp³-hybridized carbons (Fsp3) is 0.250. The third-order valence-electron chi connectivity index (χ3n) is 4.98. The fourth-order valence-corrected chi connectivity index (χ4v) is 3.53. The molecule has 2 aromatic carbocycles. The maximum atomic E-state index is 12.7. The highest BCUT2D eigenvalue weighted by Crippen LogP contribution is 2.33. The van der Waals surface area contributed by atoms with Crippen LogP contribution < -0.4 is 0 Å². The van der Waals surface area contributed by atoms with Crippen LogP contribution in [0.2, 0.25) is 0 Å². The number of nitrogens with zero attached hydrogens (tertiary/aromatic N) is 5. The number of carbonyl (C=O) groups excluding carboxylic acids is 1. The monoisotopic (exact) mass is 377 g/mol. The number of carboxylic acid groups (broad SMARTS) is 1. The second kappa shape index (κ2) is 7.59. The number of carbonyl (C=O) groups is 2. The molecule has 2 unspecified atom stereocenters. The maximum absolute atomic E-state index is 12.7. The molecule has 142 valence electrons. The van der Waals surface area contributed by atoms with Gasteiger partial charge in [0, 0.05) is 24.6 Å². The first kappa shape index (κ1) is 17.8. The van der Waals surface area contributed by atoms with Crippen LogP contribution in [0.1, 0.15) is 11.5 Å². The van der Waals surface area contributed by atoms with Gasteiger partial charge in [-0.3, -0.25) is 9.59 Å². The van der Waals surface area contributed by atoms with Crippen LogP contribution in [-0.2, 0) is 16.1 Å². The smallest absolute Gasteiger partial charge is 0.308 e. The molecule has 0 aliphatic carbocycles. The first-order valence-electron chi connectivity index (χ1n) is 9.00. The number of hydrogen-bond acceptors (Lipinski definition) is 5. The molecule has 0 saturated carbocycles. The van der Waals surface area contributed by atoms with Gasteiger partial charge in [0.1, 0.15) is 6.54 Å². The van der Waals surface area contributed by atoms with Crippen LogP contribution in [0, 0.1) is 5.92 Å². The minimum absolute atomic E-state index is 0.0757. The van der Waals surface area contributed by atoms with E-state index in [0.717, 1.165) is 11.1 Å². The Morgan fingerprint density at radius 3 is 2.36 bits per heavy atom. The minimum Gasteiger partial charge on any atom is -0.481 e. The lowest BCUT2D eigenvalue weighted by atomic mass is 9.89. The summed E-state index contributed by atoms with van der Waals surface area (Å²) in [4.78, 5) is 27.2. The minimum atomic E-state index is -0.894. The van der Waals surface area contributed by atoms with E-state index in [4.69, 9.17) is 0 Å². The van der Waals surface area contributed by atoms with Gasteiger partial charge >= 0.3 is 5.97 Å². The second-order valence-electron chi connectivity index (χ2n) is 6.77. The SMILES string of the molecule is O=C(O)C1CN(C(=O)Cn2nnc(-c3ccccc3)n2)CC1c1ccccc1. The molecule has 1 aromatic heterocycles. The largest absolute Gasteiger partial charge is 0.481 e. The molecule has 1 N–H and O–H groups in total. The van der Waals surface area contributed by atoms with Gasteiger partial charge in [-0.2, -0.15) is 4.80 Å². The third-order valence-corrected chi connectivity index (χ3v) is 4.98. The van der Waals surface area contributed by atoms with Crippen LogP contribution >= 0.6 is 0 Å². The lowest BCUT2D eigenvalue weighted by molar-refractivity contribution is -0.141. The molecule has 1 fully saturated rings. The molecule has 28 heavy (non-hydrogen) atoms. The molecule has 0 spiro atoms. The third kappa shape index (κ3) is 3.62. The number of amides is 1. The molecule has 0 radical (unpaired) electrons. The van der Waals surface area contributed by atoms with Crippen molar-refractivity contribution in [3.8, 4) is 11.4 Å². The highest BCUT2D eigenvalue weighted by Gasteiger charge is 2.40. The topological polar surface area (TPSA) is 101 Å². The number of carboxylic acids is 1. The fourth-order valence-electron chi connectivity index (χ4n) is 3.53. The van der Waals surface area contributed by atoms with Crippen molar-refractivity contribution >= 4 is 11.9 Å². The Balaban J connectivity index is 1.47. The van der Waals surface area contributed by atoms with Crippen molar-refractivity contribution < 1.29 is 14.7 Å². The van der Waals surface area contributed by atoms with E-state index in [1.54, 1.807) is 4.90 Å². The zero-order chi connectivity index (χ0) is 19.5. The molecule has 0 bridgehead atoms. The molecule has 8 nitrogen and oxygen atoms in total. The number of aromatic nitrogens is 4. The van der Waals surface area contributed by atoms with Crippen LogP contribution in [-0.4, -0.2) is 55.2 Å². The normalized spacial score (nSPS) is 18.9. The second-order valence-corrected chi connectivity index (χ2v) is 6.77. The van der Waals surface area contributed by atoms with Crippen molar-refractivity contribution in [2.24, 2.45) is 5.92 Å². The first-order valence-corrected chi connectivity index (χ1v) is 9.00. The molecule has 1 amide bonds. The van der Waals surface area contributed by atoms with E-state index in [0.29, 0.717) is 12.4 Å². The summed E-state index contributed by atoms with van der Waals surface area (Å²) in [6.07, 6.45) is 0. The average Bonchev–Trinajstić information content (AvgIpc) is 3.37. The Labute approximate surface area is 161 Å². The van der Waals surface area contributed by atoms with Gasteiger partial charge in [0.05, 0.1) is 5.92 Å². The predicted octanol–water partition coefficient (Wildman–Crippen LogP) is 1.67. The number of likely N-dealkylation sites (tertiary alicyclic amines) is 1. The highest BCUT2D eigenvalue weighted by atomic mass is 16.4. The van der Waals surface area contributed by atoms with Gasteiger partial charge in [0.2, 0.25) is 11.7 Å². The summed E-state index contributed by atoms with van der Waals surface area (Å²) in [5, 5.41) is 21.8. The molecule has 2 atom stereocenters. The van der Waals surface area contributed by atoms with Gasteiger partial charge in [0.15, 0.2) is 0 Å². The Bertz CT molecular complexity index is 974. The van der Waals surface area contributed by atoms with Crippen molar-refractivity contribution in [3.05, 3.63) is 66.2 Å². The van der Waals surface area contributed by atoms with E-state index < -0.39 is 11.9 Å². The molecular formula is C20H19N5O3. The van der Waals surface area contributed by atoms with E-state index >= 15 is 0 Å². The molecule has 1 saturated heterocycles. The van der Waals surface area contributed by atoms with E-state index in [1.807, 2.05) is 60.7 Å². The summed E-state index contributed by atoms with van der Waals surface area (Å²) in [5.74, 6) is -1.53. The Morgan fingerprint density at radius 1 is 1.00 bits per heavy atom. The van der Waals surface area contributed by atoms with Crippen LogP contribution in [0.15, 0.2) is 60.7 Å². The number of hydrogen-bond donors (Lipinski definition) is 1. The number of rotatable bonds is 5. The van der Waals surface area contributed by atoms with Crippen LogP contribution in [0.25, 0.3) is 11.4 Å². The number of tetrazole rings is 1. The van der Waals surface area contributed by atoms with Gasteiger partial charge in [-0.05, 0) is 10.8 Å². The zero-order valence-corrected chi connectivity index (χ0v) is 15.0. The maximum Gasteiger partial charge on any atom is 0.308 e. The Hall–Kier alpha value is -3.55. The summed E-state index contributed by atoms with van der Waals surface area (Å²) in [7, 11) is 0. The van der Waals surface area contributed by atoms with Gasteiger partial charge in [-0.15, -0.1) is 10.2 Å². The summed E-state index contributed by atoms with van der Waals surface area (Å²) in [6.45, 7) is 0.460. The average molecular weight is 377 g/mol. The van der Waals surface area contributed by atoms with Gasteiger partial charge in [-0.1, -0.05) is 60.7 Å². The van der Waals surface area contributed by atoms with Gasteiger partial charge in [0.25, 0.3) is 0 Å². The van der Waals surface area contributed by atoms with E-state index in [9.17, 15) is 14.7 Å². The highest BCUT2D eigenvalue weighted by molar-refractivity contribution is 5.79. The van der Waals surface area contributed by atoms with Gasteiger partial charge in [-0.25, -0.2) is 0 Å². The molecule has 4 rings (SSSR count). The Kier molecular flexibility index (Phi) is 4.84. The van der Waals surface area contributed by atoms with Crippen molar-refractivity contribution in [2.45, 2.75) is 12.5 Å². The molecule has 1 aliphatic rings. The number of aliphatic carboxylic acids is 1. The van der Waals surface area contributed by atoms with Crippen LogP contribution in [0.5, 0.6) is 0 Å². The molecule has 8 heteroatoms. The summed E-state index contributed by atoms with van der Waals surface area (Å²) in [6, 6.07) is 18.8. The van der Waals surface area contributed by atoms with E-state index in [1.165, 1.54) is 4.80 Å². The first-order chi connectivity index (χ1) is 13.6. The lowest BCUT2D eigenvalue weighted by Gasteiger charge is -2.16. The van der Waals surface area contributed by atoms with Gasteiger partial charge < -0.3 is 10.0 Å². The predicted molar refractivity (Wildman–Crippen MR) is 100 cm³/mol. The number of benzene rings is 2. The van der Waals surface area contributed by atoms with Crippen molar-refractivity contribution in [1.29, 1.82) is 0 Å². The Morgan fingerprint density at radius 2 is 1.68 bits per heavy atom. The molecular weight excluding hydrogens is 358 g/mol. The van der Waals surface area contributed by atoms with E-state index in [-0.39, 0.29) is 24.9 Å². The van der Waals surface area contributed by atoms with Crippen LogP contribution in [0.3, 0.4) is 0 Å². The molecule has 3 aromatic rings. The summed E-state index contributed by atoms with van der Waals surface area (Å²) < 4.78 is 0. The lowest BCUT2D eigenvalue weighted by Crippen LogP contribution is -2.33.